The van der Waals surface area contributed by atoms with Crippen molar-refractivity contribution < 1.29 is 4.79 Å². The molecule has 4 nitrogen and oxygen atoms in total. The number of carbonyl (C=O) groups excluding carboxylic acids is 1. The van der Waals surface area contributed by atoms with Crippen molar-refractivity contribution in [3.8, 4) is 0 Å². The Kier molecular flexibility index (Phi) is 10.2. The molecule has 1 aliphatic rings. The first kappa shape index (κ1) is 19.7. The van der Waals surface area contributed by atoms with Gasteiger partial charge in [0.1, 0.15) is 0 Å². The number of halogens is 2. The number of piperidine rings is 1. The molecule has 7 heteroatoms. The van der Waals surface area contributed by atoms with E-state index in [2.05, 4.69) is 27.7 Å². The molecule has 20 heavy (non-hydrogen) atoms. The van der Waals surface area contributed by atoms with Crippen LogP contribution in [0.15, 0.2) is 17.5 Å². The summed E-state index contributed by atoms with van der Waals surface area (Å²) in [6.07, 6.45) is 2.42. The van der Waals surface area contributed by atoms with Crippen LogP contribution in [0.2, 0.25) is 0 Å². The van der Waals surface area contributed by atoms with Gasteiger partial charge in [0.2, 0.25) is 5.91 Å². The van der Waals surface area contributed by atoms with Crippen LogP contribution in [0.3, 0.4) is 0 Å². The SMILES string of the molecule is Cl.Cl.NCC(=O)NCC1CCCN(Cc2cccs2)C1. The van der Waals surface area contributed by atoms with Crippen LogP contribution >= 0.6 is 36.2 Å². The molecule has 1 amide bonds. The summed E-state index contributed by atoms with van der Waals surface area (Å²) in [4.78, 5) is 15.0. The molecular weight excluding hydrogens is 317 g/mol. The van der Waals surface area contributed by atoms with E-state index in [1.54, 1.807) is 0 Å². The Morgan fingerprint density at radius 2 is 2.30 bits per heavy atom. The molecule has 116 valence electrons. The Bertz CT molecular complexity index is 376. The van der Waals surface area contributed by atoms with Gasteiger partial charge < -0.3 is 11.1 Å². The molecule has 1 saturated heterocycles. The van der Waals surface area contributed by atoms with Crippen LogP contribution in [0, 0.1) is 5.92 Å². The highest BCUT2D eigenvalue weighted by Crippen LogP contribution is 2.19. The quantitative estimate of drug-likeness (QED) is 0.860. The maximum atomic E-state index is 11.1. The molecule has 1 aromatic rings. The van der Waals surface area contributed by atoms with Gasteiger partial charge >= 0.3 is 0 Å². The van der Waals surface area contributed by atoms with E-state index in [4.69, 9.17) is 5.73 Å². The minimum absolute atomic E-state index is 0. The van der Waals surface area contributed by atoms with Crippen LogP contribution in [-0.4, -0.2) is 37.0 Å². The summed E-state index contributed by atoms with van der Waals surface area (Å²) in [5, 5.41) is 5.02. The maximum absolute atomic E-state index is 11.1. The number of nitrogens with one attached hydrogen (secondary N) is 1. The Morgan fingerprint density at radius 1 is 1.50 bits per heavy atom. The highest BCUT2D eigenvalue weighted by atomic mass is 35.5. The zero-order valence-electron chi connectivity index (χ0n) is 11.4. The predicted octanol–water partition coefficient (Wildman–Crippen LogP) is 1.88. The smallest absolute Gasteiger partial charge is 0.233 e. The van der Waals surface area contributed by atoms with Crippen molar-refractivity contribution in [3.05, 3.63) is 22.4 Å². The molecule has 0 radical (unpaired) electrons. The van der Waals surface area contributed by atoms with Gasteiger partial charge in [0.15, 0.2) is 0 Å². The molecule has 2 rings (SSSR count). The minimum Gasteiger partial charge on any atom is -0.355 e. The lowest BCUT2D eigenvalue weighted by Crippen LogP contribution is -2.41. The van der Waals surface area contributed by atoms with E-state index in [-0.39, 0.29) is 37.3 Å². The second-order valence-corrected chi connectivity index (χ2v) is 5.86. The van der Waals surface area contributed by atoms with Gasteiger partial charge in [-0.1, -0.05) is 6.07 Å². The van der Waals surface area contributed by atoms with E-state index in [0.717, 1.165) is 19.6 Å². The van der Waals surface area contributed by atoms with E-state index in [1.807, 2.05) is 11.3 Å². The Balaban J connectivity index is 0.00000180. The van der Waals surface area contributed by atoms with Gasteiger partial charge in [0.25, 0.3) is 0 Å². The highest BCUT2D eigenvalue weighted by molar-refractivity contribution is 7.09. The van der Waals surface area contributed by atoms with Crippen molar-refractivity contribution in [2.75, 3.05) is 26.2 Å². The number of amides is 1. The molecule has 0 saturated carbocycles. The van der Waals surface area contributed by atoms with E-state index < -0.39 is 0 Å². The summed E-state index contributed by atoms with van der Waals surface area (Å²) in [7, 11) is 0. The number of hydrogen-bond donors (Lipinski definition) is 2. The molecule has 0 aromatic carbocycles. The molecule has 2 heterocycles. The molecule has 1 aliphatic heterocycles. The fourth-order valence-corrected chi connectivity index (χ4v) is 3.16. The second kappa shape index (κ2) is 10.4. The van der Waals surface area contributed by atoms with Crippen LogP contribution in [0.1, 0.15) is 17.7 Å². The number of carbonyl (C=O) groups is 1. The lowest BCUT2D eigenvalue weighted by atomic mass is 9.98. The number of hydrogen-bond acceptors (Lipinski definition) is 4. The molecule has 0 bridgehead atoms. The monoisotopic (exact) mass is 339 g/mol. The third-order valence-corrected chi connectivity index (χ3v) is 4.20. The summed E-state index contributed by atoms with van der Waals surface area (Å²) < 4.78 is 0. The van der Waals surface area contributed by atoms with E-state index in [1.165, 1.54) is 24.3 Å². The average molecular weight is 340 g/mol. The van der Waals surface area contributed by atoms with E-state index >= 15 is 0 Å². The van der Waals surface area contributed by atoms with Crippen molar-refractivity contribution in [1.29, 1.82) is 0 Å². The van der Waals surface area contributed by atoms with Crippen molar-refractivity contribution in [2.45, 2.75) is 19.4 Å². The van der Waals surface area contributed by atoms with Gasteiger partial charge in [-0.2, -0.15) is 0 Å². The number of nitrogens with zero attached hydrogens (tertiary/aromatic N) is 1. The van der Waals surface area contributed by atoms with Crippen molar-refractivity contribution >= 4 is 42.1 Å². The third kappa shape index (κ3) is 6.41. The van der Waals surface area contributed by atoms with Gasteiger partial charge in [0, 0.05) is 24.5 Å². The lowest BCUT2D eigenvalue weighted by Gasteiger charge is -2.32. The first-order valence-electron chi connectivity index (χ1n) is 6.49. The summed E-state index contributed by atoms with van der Waals surface area (Å²) in [6, 6.07) is 4.29. The van der Waals surface area contributed by atoms with Gasteiger partial charge in [-0.15, -0.1) is 36.2 Å². The van der Waals surface area contributed by atoms with Gasteiger partial charge in [-0.25, -0.2) is 0 Å². The van der Waals surface area contributed by atoms with Gasteiger partial charge in [0.05, 0.1) is 6.54 Å². The molecule has 1 fully saturated rings. The van der Waals surface area contributed by atoms with Gasteiger partial charge in [-0.3, -0.25) is 9.69 Å². The fraction of sp³-hybridized carbons (Fsp3) is 0.615. The van der Waals surface area contributed by atoms with Crippen LogP contribution in [0.4, 0.5) is 0 Å². The topological polar surface area (TPSA) is 58.4 Å². The van der Waals surface area contributed by atoms with Crippen molar-refractivity contribution in [1.82, 2.24) is 10.2 Å². The lowest BCUT2D eigenvalue weighted by molar-refractivity contribution is -0.120. The number of likely N-dealkylation sites (tertiary alicyclic amines) is 1. The number of nitrogens with two attached hydrogens (primary N) is 1. The van der Waals surface area contributed by atoms with Crippen LogP contribution in [0.5, 0.6) is 0 Å². The van der Waals surface area contributed by atoms with Crippen LogP contribution in [-0.2, 0) is 11.3 Å². The number of rotatable bonds is 5. The summed E-state index contributed by atoms with van der Waals surface area (Å²) in [6.45, 7) is 4.13. The average Bonchev–Trinajstić information content (AvgIpc) is 2.89. The largest absolute Gasteiger partial charge is 0.355 e. The first-order chi connectivity index (χ1) is 8.78. The second-order valence-electron chi connectivity index (χ2n) is 4.83. The van der Waals surface area contributed by atoms with Crippen LogP contribution < -0.4 is 11.1 Å². The van der Waals surface area contributed by atoms with Crippen molar-refractivity contribution in [3.63, 3.8) is 0 Å². The standard InChI is InChI=1S/C13H21N3OS.2ClH/c14-7-13(17)15-8-11-3-1-5-16(9-11)10-12-4-2-6-18-12;;/h2,4,6,11H,1,3,5,7-10,14H2,(H,15,17);2*1H. The fourth-order valence-electron chi connectivity index (χ4n) is 2.41. The van der Waals surface area contributed by atoms with E-state index in [0.29, 0.717) is 5.92 Å². The van der Waals surface area contributed by atoms with E-state index in [9.17, 15) is 4.79 Å². The predicted molar refractivity (Wildman–Crippen MR) is 88.9 cm³/mol. The molecule has 1 unspecified atom stereocenters. The Labute approximate surface area is 136 Å². The highest BCUT2D eigenvalue weighted by Gasteiger charge is 2.20. The Morgan fingerprint density at radius 3 is 2.95 bits per heavy atom. The third-order valence-electron chi connectivity index (χ3n) is 3.34. The molecule has 1 atom stereocenters. The summed E-state index contributed by atoms with van der Waals surface area (Å²) >= 11 is 1.81. The molecule has 0 aliphatic carbocycles. The van der Waals surface area contributed by atoms with Crippen LogP contribution in [0.25, 0.3) is 0 Å². The number of thiophene rings is 1. The van der Waals surface area contributed by atoms with Gasteiger partial charge in [-0.05, 0) is 36.8 Å². The first-order valence-corrected chi connectivity index (χ1v) is 7.37. The van der Waals surface area contributed by atoms with Crippen molar-refractivity contribution in [2.24, 2.45) is 11.7 Å². The normalized spacial score (nSPS) is 18.8. The molecular formula is C13H23Cl2N3OS. The summed E-state index contributed by atoms with van der Waals surface area (Å²) in [5.41, 5.74) is 5.28. The zero-order chi connectivity index (χ0) is 12.8. The minimum atomic E-state index is -0.0506. The summed E-state index contributed by atoms with van der Waals surface area (Å²) in [5.74, 6) is 0.514. The molecule has 3 N–H and O–H groups in total. The zero-order valence-corrected chi connectivity index (χ0v) is 13.9. The maximum Gasteiger partial charge on any atom is 0.233 e. The Hall–Kier alpha value is -0.330. The molecule has 0 spiro atoms. The molecule has 1 aromatic heterocycles.